The van der Waals surface area contributed by atoms with E-state index < -0.39 is 11.4 Å². The first-order chi connectivity index (χ1) is 11.1. The highest BCUT2D eigenvalue weighted by atomic mass is 35.5. The van der Waals surface area contributed by atoms with Crippen molar-refractivity contribution in [3.8, 4) is 5.75 Å². The average molecular weight is 352 g/mol. The number of nitrogens with zero attached hydrogens (tertiary/aromatic N) is 1. The van der Waals surface area contributed by atoms with Crippen LogP contribution in [-0.4, -0.2) is 11.2 Å². The Bertz CT molecular complexity index is 978. The summed E-state index contributed by atoms with van der Waals surface area (Å²) in [4.78, 5) is 23.6. The Morgan fingerprint density at radius 3 is 2.70 bits per heavy atom. The van der Waals surface area contributed by atoms with Crippen molar-refractivity contribution in [3.63, 3.8) is 0 Å². The van der Waals surface area contributed by atoms with E-state index in [1.54, 1.807) is 42.5 Å². The zero-order chi connectivity index (χ0) is 16.4. The molecule has 0 atom stereocenters. The summed E-state index contributed by atoms with van der Waals surface area (Å²) in [7, 11) is 0. The van der Waals surface area contributed by atoms with Crippen LogP contribution >= 0.6 is 23.2 Å². The maximum Gasteiger partial charge on any atom is 0.422 e. The number of para-hydroxylation sites is 1. The van der Waals surface area contributed by atoms with Crippen LogP contribution in [0.4, 0.5) is 0 Å². The lowest BCUT2D eigenvalue weighted by atomic mass is 10.2. The van der Waals surface area contributed by atoms with Crippen LogP contribution in [0.5, 0.6) is 5.75 Å². The van der Waals surface area contributed by atoms with Gasteiger partial charge in [0.05, 0.1) is 22.5 Å². The van der Waals surface area contributed by atoms with Crippen molar-refractivity contribution in [1.29, 1.82) is 0 Å². The van der Waals surface area contributed by atoms with Crippen molar-refractivity contribution in [2.24, 2.45) is 0 Å². The summed E-state index contributed by atoms with van der Waals surface area (Å²) >= 11 is 11.9. The Morgan fingerprint density at radius 1 is 1.09 bits per heavy atom. The van der Waals surface area contributed by atoms with Crippen LogP contribution in [0.15, 0.2) is 56.5 Å². The van der Waals surface area contributed by atoms with Gasteiger partial charge in [-0.15, -0.1) is 0 Å². The van der Waals surface area contributed by atoms with Crippen molar-refractivity contribution in [1.82, 2.24) is 4.57 Å². The first-order valence-corrected chi connectivity index (χ1v) is 7.52. The van der Waals surface area contributed by atoms with E-state index in [9.17, 15) is 9.59 Å². The van der Waals surface area contributed by atoms with Gasteiger partial charge >= 0.3 is 11.4 Å². The quantitative estimate of drug-likeness (QED) is 0.723. The summed E-state index contributed by atoms with van der Waals surface area (Å²) in [5.41, 5.74) is -0.157. The van der Waals surface area contributed by atoms with Gasteiger partial charge in [0.15, 0.2) is 0 Å². The smallest absolute Gasteiger partial charge is 0.422 e. The molecule has 0 aliphatic rings. The Morgan fingerprint density at radius 2 is 1.87 bits per heavy atom. The van der Waals surface area contributed by atoms with Crippen molar-refractivity contribution in [2.45, 2.75) is 6.54 Å². The molecule has 0 fully saturated rings. The van der Waals surface area contributed by atoms with E-state index in [0.29, 0.717) is 26.7 Å². The number of halogens is 2. The highest BCUT2D eigenvalue weighted by molar-refractivity contribution is 6.34. The molecule has 118 valence electrons. The van der Waals surface area contributed by atoms with Crippen LogP contribution in [0.2, 0.25) is 10.0 Å². The van der Waals surface area contributed by atoms with Crippen molar-refractivity contribution >= 4 is 34.1 Å². The molecule has 2 aromatic carbocycles. The fourth-order valence-corrected chi connectivity index (χ4v) is 2.55. The second-order valence-corrected chi connectivity index (χ2v) is 5.59. The lowest BCUT2D eigenvalue weighted by Gasteiger charge is -2.11. The van der Waals surface area contributed by atoms with E-state index in [0.717, 1.165) is 0 Å². The van der Waals surface area contributed by atoms with E-state index in [2.05, 4.69) is 0 Å². The summed E-state index contributed by atoms with van der Waals surface area (Å²) < 4.78 is 11.6. The largest absolute Gasteiger partial charge is 0.490 e. The predicted molar refractivity (Wildman–Crippen MR) is 88.7 cm³/mol. The van der Waals surface area contributed by atoms with Crippen molar-refractivity contribution in [3.05, 3.63) is 73.5 Å². The maximum absolute atomic E-state index is 11.9. The number of hydrogen-bond donors (Lipinski definition) is 0. The topological polar surface area (TPSA) is 61.4 Å². The highest BCUT2D eigenvalue weighted by Crippen LogP contribution is 2.27. The Labute approximate surface area is 140 Å². The molecule has 3 rings (SSSR count). The minimum Gasteiger partial charge on any atom is -0.490 e. The summed E-state index contributed by atoms with van der Waals surface area (Å²) in [6, 6.07) is 11.6. The lowest BCUT2D eigenvalue weighted by Crippen LogP contribution is -2.27. The predicted octanol–water partition coefficient (Wildman–Crippen LogP) is 3.34. The third-order valence-electron chi connectivity index (χ3n) is 3.28. The van der Waals surface area contributed by atoms with Gasteiger partial charge in [-0.25, -0.2) is 9.59 Å². The summed E-state index contributed by atoms with van der Waals surface area (Å²) in [6.45, 7) is 0.365. The second kappa shape index (κ2) is 6.48. The molecule has 0 saturated carbocycles. The van der Waals surface area contributed by atoms with Gasteiger partial charge in [0.25, 0.3) is 0 Å². The lowest BCUT2D eigenvalue weighted by molar-refractivity contribution is 0.287. The van der Waals surface area contributed by atoms with Gasteiger partial charge < -0.3 is 9.15 Å². The van der Waals surface area contributed by atoms with E-state index >= 15 is 0 Å². The van der Waals surface area contributed by atoms with Crippen LogP contribution in [0.3, 0.4) is 0 Å². The van der Waals surface area contributed by atoms with Gasteiger partial charge in [-0.2, -0.15) is 0 Å². The SMILES string of the molecule is O=c1oc(=O)n(CCOc2cc(Cl)ccc2Cl)c2ccccc12. The van der Waals surface area contributed by atoms with Crippen LogP contribution < -0.4 is 16.1 Å². The Hall–Kier alpha value is -2.24. The normalized spacial score (nSPS) is 10.9. The second-order valence-electron chi connectivity index (χ2n) is 4.75. The fourth-order valence-electron chi connectivity index (χ4n) is 2.22. The Kier molecular flexibility index (Phi) is 4.41. The van der Waals surface area contributed by atoms with Gasteiger partial charge in [0.1, 0.15) is 12.4 Å². The maximum atomic E-state index is 11.9. The monoisotopic (exact) mass is 351 g/mol. The first kappa shape index (κ1) is 15.6. The molecule has 1 aromatic heterocycles. The third-order valence-corrected chi connectivity index (χ3v) is 3.83. The Balaban J connectivity index is 1.87. The van der Waals surface area contributed by atoms with E-state index in [4.69, 9.17) is 32.4 Å². The number of benzene rings is 2. The average Bonchev–Trinajstić information content (AvgIpc) is 2.53. The van der Waals surface area contributed by atoms with Crippen LogP contribution in [0.1, 0.15) is 0 Å². The molecule has 23 heavy (non-hydrogen) atoms. The molecule has 0 amide bonds. The molecule has 0 aliphatic heterocycles. The molecule has 0 saturated heterocycles. The van der Waals surface area contributed by atoms with E-state index in [-0.39, 0.29) is 13.2 Å². The minimum absolute atomic E-state index is 0.164. The van der Waals surface area contributed by atoms with Gasteiger partial charge in [0.2, 0.25) is 0 Å². The zero-order valence-corrected chi connectivity index (χ0v) is 13.3. The van der Waals surface area contributed by atoms with Crippen LogP contribution in [0, 0.1) is 0 Å². The standard InChI is InChI=1S/C16H11Cl2NO4/c17-10-5-6-12(18)14(9-10)22-8-7-19-13-4-2-1-3-11(13)15(20)23-16(19)21/h1-6,9H,7-8H2. The number of fused-ring (bicyclic) bond motifs is 1. The van der Waals surface area contributed by atoms with E-state index in [1.807, 2.05) is 0 Å². The summed E-state index contributed by atoms with van der Waals surface area (Å²) in [5.74, 6) is -0.302. The van der Waals surface area contributed by atoms with Gasteiger partial charge in [0, 0.05) is 11.1 Å². The molecule has 0 spiro atoms. The zero-order valence-electron chi connectivity index (χ0n) is 11.8. The molecule has 1 heterocycles. The molecule has 0 aliphatic carbocycles. The third kappa shape index (κ3) is 3.25. The number of hydrogen-bond acceptors (Lipinski definition) is 4. The van der Waals surface area contributed by atoms with Crippen LogP contribution in [-0.2, 0) is 6.54 Å². The van der Waals surface area contributed by atoms with Gasteiger partial charge in [-0.1, -0.05) is 35.3 Å². The minimum atomic E-state index is -0.727. The molecule has 3 aromatic rings. The van der Waals surface area contributed by atoms with Crippen molar-refractivity contribution in [2.75, 3.05) is 6.61 Å². The molecular weight excluding hydrogens is 341 g/mol. The molecule has 5 nitrogen and oxygen atoms in total. The fraction of sp³-hybridized carbons (Fsp3) is 0.125. The number of rotatable bonds is 4. The molecule has 0 N–H and O–H groups in total. The molecule has 7 heteroatoms. The summed E-state index contributed by atoms with van der Waals surface area (Å²) in [6.07, 6.45) is 0. The first-order valence-electron chi connectivity index (χ1n) is 6.77. The molecule has 0 bridgehead atoms. The van der Waals surface area contributed by atoms with Crippen molar-refractivity contribution < 1.29 is 9.15 Å². The summed E-state index contributed by atoms with van der Waals surface area (Å²) in [5, 5.41) is 1.26. The number of ether oxygens (including phenoxy) is 1. The highest BCUT2D eigenvalue weighted by Gasteiger charge is 2.09. The molecule has 0 unspecified atom stereocenters. The van der Waals surface area contributed by atoms with Crippen LogP contribution in [0.25, 0.3) is 10.9 Å². The molecular formula is C16H11Cl2NO4. The van der Waals surface area contributed by atoms with E-state index in [1.165, 1.54) is 4.57 Å². The van der Waals surface area contributed by atoms with Gasteiger partial charge in [-0.3, -0.25) is 4.57 Å². The molecule has 0 radical (unpaired) electrons. The number of aromatic nitrogens is 1. The van der Waals surface area contributed by atoms with Gasteiger partial charge in [-0.05, 0) is 24.3 Å².